The van der Waals surface area contributed by atoms with Crippen LogP contribution in [0, 0.1) is 0 Å². The number of para-hydroxylation sites is 1. The highest BCUT2D eigenvalue weighted by Gasteiger charge is 2.38. The molecular weight excluding hydrogens is 506 g/mol. The first-order chi connectivity index (χ1) is 19.2. The van der Waals surface area contributed by atoms with E-state index in [0.717, 1.165) is 39.5 Å². The van der Waals surface area contributed by atoms with Gasteiger partial charge in [-0.1, -0.05) is 103 Å². The zero-order valence-electron chi connectivity index (χ0n) is 20.8. The summed E-state index contributed by atoms with van der Waals surface area (Å²) in [5.41, 5.74) is 6.20. The molecule has 0 saturated heterocycles. The zero-order chi connectivity index (χ0) is 26.2. The minimum Gasteiger partial charge on any atom is -0.255 e. The molecule has 3 aliphatic rings. The third-order valence-electron chi connectivity index (χ3n) is 6.80. The molecule has 0 N–H and O–H groups in total. The van der Waals surface area contributed by atoms with Crippen molar-refractivity contribution >= 4 is 46.2 Å². The second-order valence-electron chi connectivity index (χ2n) is 9.27. The average Bonchev–Trinajstić information content (AvgIpc) is 3.01. The van der Waals surface area contributed by atoms with Crippen LogP contribution >= 0.6 is 11.6 Å². The maximum absolute atomic E-state index is 6.19. The third kappa shape index (κ3) is 4.32. The van der Waals surface area contributed by atoms with Crippen LogP contribution in [0.1, 0.15) is 29.2 Å². The molecule has 4 aromatic rings. The standard InChI is InChI=1S/C31H22ClN7/c32-24-18-16-21(17-19-24)27-20-26-30(37-38(27)25-14-8-3-9-15-25)39-31(35-34-26)33-28(22-10-4-1-5-11-22)29(36-39)23-12-6-2-7-13-23/h1-19,27H,20H2. The van der Waals surface area contributed by atoms with E-state index in [4.69, 9.17) is 26.8 Å². The number of guanidine groups is 1. The number of hydrazone groups is 2. The fraction of sp³-hybridized carbons (Fsp3) is 0.0645. The van der Waals surface area contributed by atoms with Gasteiger partial charge < -0.3 is 0 Å². The van der Waals surface area contributed by atoms with Crippen LogP contribution in [0.25, 0.3) is 0 Å². The van der Waals surface area contributed by atoms with Gasteiger partial charge in [-0.15, -0.1) is 15.3 Å². The lowest BCUT2D eigenvalue weighted by Gasteiger charge is -2.38. The van der Waals surface area contributed by atoms with E-state index in [1.54, 1.807) is 5.01 Å². The lowest BCUT2D eigenvalue weighted by molar-refractivity contribution is 0.590. The van der Waals surface area contributed by atoms with Crippen molar-refractivity contribution < 1.29 is 0 Å². The first-order valence-corrected chi connectivity index (χ1v) is 13.0. The number of hydrogen-bond acceptors (Lipinski definition) is 7. The number of aliphatic imine (C=N–C) groups is 1. The van der Waals surface area contributed by atoms with E-state index < -0.39 is 0 Å². The lowest BCUT2D eigenvalue weighted by atomic mass is 9.97. The van der Waals surface area contributed by atoms with Crippen molar-refractivity contribution in [2.75, 3.05) is 5.01 Å². The number of fused-ring (bicyclic) bond motifs is 3. The molecule has 0 saturated carbocycles. The summed E-state index contributed by atoms with van der Waals surface area (Å²) < 4.78 is 0. The second-order valence-corrected chi connectivity index (χ2v) is 9.71. The van der Waals surface area contributed by atoms with Gasteiger partial charge in [-0.2, -0.15) is 10.1 Å². The number of rotatable bonds is 4. The smallest absolute Gasteiger partial charge is 0.255 e. The van der Waals surface area contributed by atoms with E-state index in [1.165, 1.54) is 0 Å². The maximum atomic E-state index is 6.19. The van der Waals surface area contributed by atoms with Crippen molar-refractivity contribution in [1.29, 1.82) is 0 Å². The molecule has 7 rings (SSSR count). The van der Waals surface area contributed by atoms with Gasteiger partial charge in [0.15, 0.2) is 0 Å². The monoisotopic (exact) mass is 527 g/mol. The molecule has 8 heteroatoms. The van der Waals surface area contributed by atoms with E-state index in [1.807, 2.05) is 120 Å². The van der Waals surface area contributed by atoms with Crippen LogP contribution in [0.4, 0.5) is 5.69 Å². The molecule has 39 heavy (non-hydrogen) atoms. The number of halogens is 1. The van der Waals surface area contributed by atoms with Crippen molar-refractivity contribution in [3.05, 3.63) is 137 Å². The molecule has 0 aromatic heterocycles. The predicted octanol–water partition coefficient (Wildman–Crippen LogP) is 6.54. The van der Waals surface area contributed by atoms with E-state index in [9.17, 15) is 0 Å². The van der Waals surface area contributed by atoms with Gasteiger partial charge >= 0.3 is 0 Å². The highest BCUT2D eigenvalue weighted by molar-refractivity contribution is 6.56. The number of hydrogen-bond donors (Lipinski definition) is 0. The van der Waals surface area contributed by atoms with Crippen LogP contribution in [0.5, 0.6) is 0 Å². The van der Waals surface area contributed by atoms with Gasteiger partial charge in [0, 0.05) is 22.6 Å². The number of amidine groups is 1. The molecule has 0 radical (unpaired) electrons. The van der Waals surface area contributed by atoms with E-state index in [0.29, 0.717) is 23.2 Å². The third-order valence-corrected chi connectivity index (χ3v) is 7.05. The molecule has 3 aliphatic heterocycles. The van der Waals surface area contributed by atoms with Gasteiger partial charge in [0.05, 0.1) is 11.7 Å². The molecule has 0 amide bonds. The summed E-state index contributed by atoms with van der Waals surface area (Å²) in [4.78, 5) is 4.95. The van der Waals surface area contributed by atoms with E-state index in [2.05, 4.69) is 10.2 Å². The summed E-state index contributed by atoms with van der Waals surface area (Å²) in [6.07, 6.45) is 0.591. The van der Waals surface area contributed by atoms with Crippen molar-refractivity contribution in [3.8, 4) is 0 Å². The van der Waals surface area contributed by atoms with Gasteiger partial charge in [-0.3, -0.25) is 5.01 Å². The summed E-state index contributed by atoms with van der Waals surface area (Å²) in [7, 11) is 0. The van der Waals surface area contributed by atoms with Crippen molar-refractivity contribution in [2.45, 2.75) is 12.5 Å². The molecule has 0 fully saturated rings. The predicted molar refractivity (Wildman–Crippen MR) is 158 cm³/mol. The molecule has 7 nitrogen and oxygen atoms in total. The fourth-order valence-corrected chi connectivity index (χ4v) is 5.02. The lowest BCUT2D eigenvalue weighted by Crippen LogP contribution is -2.48. The number of anilines is 1. The summed E-state index contributed by atoms with van der Waals surface area (Å²) >= 11 is 6.19. The Hall–Kier alpha value is -4.88. The van der Waals surface area contributed by atoms with Crippen LogP contribution in [-0.2, 0) is 0 Å². The summed E-state index contributed by atoms with van der Waals surface area (Å²) in [5.74, 6) is 0.993. The zero-order valence-corrected chi connectivity index (χ0v) is 21.5. The number of benzene rings is 4. The first kappa shape index (κ1) is 23.3. The normalized spacial score (nSPS) is 18.2. The summed E-state index contributed by atoms with van der Waals surface area (Å²) in [5, 5.41) is 23.7. The van der Waals surface area contributed by atoms with Crippen molar-refractivity contribution in [1.82, 2.24) is 5.01 Å². The minimum atomic E-state index is -0.0883. The van der Waals surface area contributed by atoms with Crippen LogP contribution in [0.2, 0.25) is 5.02 Å². The minimum absolute atomic E-state index is 0.0883. The maximum Gasteiger partial charge on any atom is 0.272 e. The Morgan fingerprint density at radius 3 is 1.92 bits per heavy atom. The van der Waals surface area contributed by atoms with Gasteiger partial charge in [0.25, 0.3) is 5.96 Å². The van der Waals surface area contributed by atoms with Crippen LogP contribution in [0.3, 0.4) is 0 Å². The van der Waals surface area contributed by atoms with E-state index in [-0.39, 0.29) is 6.04 Å². The molecule has 0 bridgehead atoms. The van der Waals surface area contributed by atoms with Gasteiger partial charge in [-0.25, -0.2) is 4.99 Å². The first-order valence-electron chi connectivity index (χ1n) is 12.7. The summed E-state index contributed by atoms with van der Waals surface area (Å²) in [6.45, 7) is 0. The Balaban J connectivity index is 1.37. The van der Waals surface area contributed by atoms with Crippen LogP contribution in [-0.4, -0.2) is 33.9 Å². The van der Waals surface area contributed by atoms with Gasteiger partial charge in [0.2, 0.25) is 5.84 Å². The van der Waals surface area contributed by atoms with Crippen molar-refractivity contribution in [3.63, 3.8) is 0 Å². The van der Waals surface area contributed by atoms with Gasteiger partial charge in [-0.05, 0) is 29.8 Å². The fourth-order valence-electron chi connectivity index (χ4n) is 4.89. The second kappa shape index (κ2) is 9.78. The largest absolute Gasteiger partial charge is 0.272 e. The molecule has 1 unspecified atom stereocenters. The SMILES string of the molecule is Clc1ccc(C2CC3=NN=C4N=C(c5ccccc5)C(c5ccccc5)=NN4C3=NN2c2ccccc2)cc1. The Morgan fingerprint density at radius 1 is 0.641 bits per heavy atom. The molecule has 4 aromatic carbocycles. The highest BCUT2D eigenvalue weighted by atomic mass is 35.5. The Kier molecular flexibility index (Phi) is 5.83. The Morgan fingerprint density at radius 2 is 1.26 bits per heavy atom. The van der Waals surface area contributed by atoms with E-state index >= 15 is 0 Å². The molecule has 0 aliphatic carbocycles. The quantitative estimate of drug-likeness (QED) is 0.302. The molecule has 188 valence electrons. The molecule has 0 spiro atoms. The van der Waals surface area contributed by atoms with Crippen molar-refractivity contribution in [2.24, 2.45) is 25.4 Å². The average molecular weight is 528 g/mol. The Bertz CT molecular complexity index is 1680. The van der Waals surface area contributed by atoms with Gasteiger partial charge in [0.1, 0.15) is 17.1 Å². The molecule has 3 heterocycles. The Labute approximate surface area is 230 Å². The van der Waals surface area contributed by atoms with Crippen LogP contribution in [0.15, 0.2) is 141 Å². The highest BCUT2D eigenvalue weighted by Crippen LogP contribution is 2.36. The number of nitrogens with zero attached hydrogens (tertiary/aromatic N) is 7. The topological polar surface area (TPSA) is 68.3 Å². The molecule has 1 atom stereocenters. The molecular formula is C31H22ClN7. The van der Waals surface area contributed by atoms with Crippen LogP contribution < -0.4 is 5.01 Å². The summed E-state index contributed by atoms with van der Waals surface area (Å²) in [6, 6.07) is 38.0.